The molecule has 0 spiro atoms. The van der Waals surface area contributed by atoms with E-state index in [1.165, 1.54) is 12.1 Å². The molecule has 1 atom stereocenters. The third-order valence-corrected chi connectivity index (χ3v) is 5.17. The summed E-state index contributed by atoms with van der Waals surface area (Å²) in [6.07, 6.45) is 0.0616. The lowest BCUT2D eigenvalue weighted by atomic mass is 10.0. The second-order valence-corrected chi connectivity index (χ2v) is 7.41. The average molecular weight is 469 g/mol. The number of carbonyl (C=O) groups is 2. The molecule has 0 saturated carbocycles. The topological polar surface area (TPSA) is 85.1 Å². The van der Waals surface area contributed by atoms with Gasteiger partial charge in [-0.3, -0.25) is 9.59 Å². The molecule has 7 nitrogen and oxygen atoms in total. The maximum absolute atomic E-state index is 12.8. The summed E-state index contributed by atoms with van der Waals surface area (Å²) < 4.78 is 59.5. The van der Waals surface area contributed by atoms with E-state index in [0.717, 1.165) is 11.6 Å². The van der Waals surface area contributed by atoms with Gasteiger partial charge in [0.2, 0.25) is 11.8 Å². The van der Waals surface area contributed by atoms with Gasteiger partial charge in [0.15, 0.2) is 11.5 Å². The molecule has 2 aromatic carbocycles. The number of amides is 2. The fourth-order valence-corrected chi connectivity index (χ4v) is 3.80. The van der Waals surface area contributed by atoms with E-state index in [-0.39, 0.29) is 12.6 Å². The van der Waals surface area contributed by atoms with Crippen LogP contribution in [0, 0.1) is 0 Å². The van der Waals surface area contributed by atoms with Crippen molar-refractivity contribution in [1.82, 2.24) is 4.90 Å². The number of rotatable bonds is 9. The summed E-state index contributed by atoms with van der Waals surface area (Å²) in [6, 6.07) is 12.8. The summed E-state index contributed by atoms with van der Waals surface area (Å²) >= 11 is 0. The van der Waals surface area contributed by atoms with Gasteiger partial charge in [-0.05, 0) is 24.1 Å². The predicted molar refractivity (Wildman–Crippen MR) is 111 cm³/mol. The first-order chi connectivity index (χ1) is 15.7. The number of alkyl halides is 4. The van der Waals surface area contributed by atoms with E-state index in [4.69, 9.17) is 5.73 Å². The van der Waals surface area contributed by atoms with Crippen LogP contribution in [0.4, 0.5) is 23.2 Å². The molecule has 0 aromatic heterocycles. The van der Waals surface area contributed by atoms with E-state index in [2.05, 4.69) is 9.47 Å². The molecule has 2 amide bonds. The van der Waals surface area contributed by atoms with Gasteiger partial charge in [-0.1, -0.05) is 30.3 Å². The van der Waals surface area contributed by atoms with Gasteiger partial charge in [-0.25, -0.2) is 0 Å². The lowest BCUT2D eigenvalue weighted by Crippen LogP contribution is -2.56. The van der Waals surface area contributed by atoms with E-state index in [1.54, 1.807) is 4.90 Å². The number of benzene rings is 2. The monoisotopic (exact) mass is 469 g/mol. The van der Waals surface area contributed by atoms with Crippen LogP contribution in [0.15, 0.2) is 48.5 Å². The van der Waals surface area contributed by atoms with Crippen LogP contribution < -0.4 is 20.1 Å². The van der Waals surface area contributed by atoms with E-state index >= 15 is 0 Å². The van der Waals surface area contributed by atoms with Gasteiger partial charge in [0.05, 0.1) is 6.04 Å². The minimum Gasteiger partial charge on any atom is -0.431 e. The summed E-state index contributed by atoms with van der Waals surface area (Å²) in [6.45, 7) is -5.55. The van der Waals surface area contributed by atoms with Gasteiger partial charge < -0.3 is 25.0 Å². The molecule has 11 heteroatoms. The number of primary amides is 1. The van der Waals surface area contributed by atoms with Gasteiger partial charge in [0.1, 0.15) is 6.42 Å². The number of halogens is 4. The zero-order valence-electron chi connectivity index (χ0n) is 17.5. The molecule has 1 aliphatic heterocycles. The molecule has 178 valence electrons. The second-order valence-electron chi connectivity index (χ2n) is 7.41. The molecule has 1 unspecified atom stereocenters. The van der Waals surface area contributed by atoms with Crippen molar-refractivity contribution in [2.45, 2.75) is 32.1 Å². The molecule has 0 bridgehead atoms. The minimum absolute atomic E-state index is 0.254. The Hall–Kier alpha value is -3.50. The summed E-state index contributed by atoms with van der Waals surface area (Å²) in [4.78, 5) is 27.3. The minimum atomic E-state index is -3.23. The first kappa shape index (κ1) is 24.1. The lowest BCUT2D eigenvalue weighted by molar-refractivity contribution is -0.137. The molecule has 2 aromatic rings. The van der Waals surface area contributed by atoms with Crippen LogP contribution in [0.2, 0.25) is 0 Å². The highest BCUT2D eigenvalue weighted by Gasteiger charge is 2.31. The number of ether oxygens (including phenoxy) is 2. The van der Waals surface area contributed by atoms with Crippen molar-refractivity contribution in [2.24, 2.45) is 5.73 Å². The van der Waals surface area contributed by atoms with E-state index in [9.17, 15) is 27.2 Å². The fraction of sp³-hybridized carbons (Fsp3) is 0.364. The van der Waals surface area contributed by atoms with E-state index < -0.39 is 43.0 Å². The summed E-state index contributed by atoms with van der Waals surface area (Å²) in [7, 11) is 0. The molecule has 1 fully saturated rings. The van der Waals surface area contributed by atoms with Crippen molar-refractivity contribution in [1.29, 1.82) is 0 Å². The maximum Gasteiger partial charge on any atom is 0.387 e. The maximum atomic E-state index is 12.8. The van der Waals surface area contributed by atoms with Crippen LogP contribution in [0.3, 0.4) is 0 Å². The zero-order chi connectivity index (χ0) is 24.0. The van der Waals surface area contributed by atoms with Gasteiger partial charge in [0.25, 0.3) is 0 Å². The molecule has 1 saturated heterocycles. The van der Waals surface area contributed by atoms with Crippen LogP contribution in [0.5, 0.6) is 11.5 Å². The molecule has 2 N–H and O–H groups in total. The Bertz CT molecular complexity index is 962. The Morgan fingerprint density at radius 1 is 0.970 bits per heavy atom. The SMILES string of the molecule is NC(=O)CC(=O)N1CCN(c2ccc(OC(F)F)c(OC(F)F)c2)CC1Cc1ccccc1. The number of carbonyl (C=O) groups excluding carboxylic acids is 2. The fourth-order valence-electron chi connectivity index (χ4n) is 3.80. The number of nitrogens with zero attached hydrogens (tertiary/aromatic N) is 2. The highest BCUT2D eigenvalue weighted by atomic mass is 19.3. The summed E-state index contributed by atoms with van der Waals surface area (Å²) in [5.41, 5.74) is 6.58. The number of piperazine rings is 1. The van der Waals surface area contributed by atoms with Crippen LogP contribution in [0.25, 0.3) is 0 Å². The zero-order valence-corrected chi connectivity index (χ0v) is 17.5. The molecule has 33 heavy (non-hydrogen) atoms. The van der Waals surface area contributed by atoms with E-state index in [0.29, 0.717) is 25.2 Å². The summed E-state index contributed by atoms with van der Waals surface area (Å²) in [5, 5.41) is 0. The Morgan fingerprint density at radius 2 is 1.64 bits per heavy atom. The number of hydrogen-bond acceptors (Lipinski definition) is 5. The van der Waals surface area contributed by atoms with Crippen LogP contribution in [-0.2, 0) is 16.0 Å². The lowest BCUT2D eigenvalue weighted by Gasteiger charge is -2.42. The predicted octanol–water partition coefficient (Wildman–Crippen LogP) is 3.02. The molecular formula is C22H23F4N3O4. The largest absolute Gasteiger partial charge is 0.431 e. The van der Waals surface area contributed by atoms with Gasteiger partial charge in [0, 0.05) is 31.4 Å². The Labute approximate surface area is 187 Å². The highest BCUT2D eigenvalue weighted by molar-refractivity contribution is 5.96. The number of nitrogens with two attached hydrogens (primary N) is 1. The molecular weight excluding hydrogens is 446 g/mol. The number of anilines is 1. The quantitative estimate of drug-likeness (QED) is 0.451. The Balaban J connectivity index is 1.85. The molecule has 0 aliphatic carbocycles. The smallest absolute Gasteiger partial charge is 0.387 e. The average Bonchev–Trinajstić information content (AvgIpc) is 2.74. The molecule has 1 aliphatic rings. The van der Waals surface area contributed by atoms with Crippen LogP contribution in [0.1, 0.15) is 12.0 Å². The number of hydrogen-bond donors (Lipinski definition) is 1. The van der Waals surface area contributed by atoms with Gasteiger partial charge >= 0.3 is 13.2 Å². The molecule has 1 heterocycles. The van der Waals surface area contributed by atoms with Gasteiger partial charge in [-0.2, -0.15) is 17.6 Å². The normalized spacial score (nSPS) is 16.2. The van der Waals surface area contributed by atoms with Gasteiger partial charge in [-0.15, -0.1) is 0 Å². The molecule has 3 rings (SSSR count). The van der Waals surface area contributed by atoms with Crippen molar-refractivity contribution in [3.05, 3.63) is 54.1 Å². The van der Waals surface area contributed by atoms with Crippen molar-refractivity contribution in [3.8, 4) is 11.5 Å². The standard InChI is InChI=1S/C22H23F4N3O4/c23-21(24)32-17-7-6-15(11-18(17)33-22(25)26)28-8-9-29(20(31)12-19(27)30)16(13-28)10-14-4-2-1-3-5-14/h1-7,11,16,21-22H,8-10,12-13H2,(H2,27,30). The van der Waals surface area contributed by atoms with Crippen molar-refractivity contribution in [2.75, 3.05) is 24.5 Å². The third-order valence-electron chi connectivity index (χ3n) is 5.17. The molecule has 0 radical (unpaired) electrons. The third kappa shape index (κ3) is 6.74. The first-order valence-corrected chi connectivity index (χ1v) is 10.1. The van der Waals surface area contributed by atoms with Crippen LogP contribution in [-0.4, -0.2) is 55.6 Å². The van der Waals surface area contributed by atoms with Crippen molar-refractivity contribution < 1.29 is 36.6 Å². The Morgan fingerprint density at radius 3 is 2.27 bits per heavy atom. The highest BCUT2D eigenvalue weighted by Crippen LogP contribution is 2.35. The van der Waals surface area contributed by atoms with Crippen molar-refractivity contribution >= 4 is 17.5 Å². The Kier molecular flexibility index (Phi) is 7.96. The van der Waals surface area contributed by atoms with Crippen LogP contribution >= 0.6 is 0 Å². The summed E-state index contributed by atoms with van der Waals surface area (Å²) in [5.74, 6) is -2.16. The first-order valence-electron chi connectivity index (χ1n) is 10.1. The van der Waals surface area contributed by atoms with Crippen molar-refractivity contribution in [3.63, 3.8) is 0 Å². The van der Waals surface area contributed by atoms with E-state index in [1.807, 2.05) is 35.2 Å². The second kappa shape index (κ2) is 10.9.